The molecule has 0 aliphatic carbocycles. The number of nitrogens with one attached hydrogen (secondary N) is 2. The van der Waals surface area contributed by atoms with Gasteiger partial charge in [0.1, 0.15) is 16.5 Å². The molecule has 27 heavy (non-hydrogen) atoms. The molecule has 7 nitrogen and oxygen atoms in total. The van der Waals surface area contributed by atoms with Crippen LogP contribution in [-0.2, 0) is 4.74 Å². The molecule has 0 bridgehead atoms. The fraction of sp³-hybridized carbons (Fsp3) is 0.263. The van der Waals surface area contributed by atoms with Crippen molar-refractivity contribution in [1.29, 1.82) is 0 Å². The summed E-state index contributed by atoms with van der Waals surface area (Å²) in [5.41, 5.74) is 3.38. The fourth-order valence-corrected chi connectivity index (χ4v) is 3.81. The smallest absolute Gasteiger partial charge is 0.259 e. The third kappa shape index (κ3) is 2.89. The summed E-state index contributed by atoms with van der Waals surface area (Å²) in [6, 6.07) is 5.31. The van der Waals surface area contributed by atoms with Crippen LogP contribution >= 0.6 is 11.6 Å². The Balaban J connectivity index is 1.69. The van der Waals surface area contributed by atoms with Crippen LogP contribution in [0.3, 0.4) is 0 Å². The minimum Gasteiger partial charge on any atom is -0.381 e. The second-order valence-corrected chi connectivity index (χ2v) is 7.06. The topological polar surface area (TPSA) is 96.6 Å². The quantitative estimate of drug-likeness (QED) is 0.519. The van der Waals surface area contributed by atoms with Crippen LogP contribution in [0.25, 0.3) is 33.3 Å². The molecule has 2 N–H and O–H groups in total. The van der Waals surface area contributed by atoms with Crippen molar-refractivity contribution in [3.05, 3.63) is 51.8 Å². The number of imidazole rings is 1. The number of hydrogen-bond donors (Lipinski definition) is 2. The summed E-state index contributed by atoms with van der Waals surface area (Å²) in [5.74, 6) is 0.740. The Bertz CT molecular complexity index is 1210. The van der Waals surface area contributed by atoms with Gasteiger partial charge in [0.2, 0.25) is 0 Å². The second-order valence-electron chi connectivity index (χ2n) is 6.67. The van der Waals surface area contributed by atoms with E-state index in [1.165, 1.54) is 0 Å². The summed E-state index contributed by atoms with van der Waals surface area (Å²) in [6.45, 7) is 1.41. The molecule has 0 unspecified atom stereocenters. The normalized spacial score (nSPS) is 15.6. The van der Waals surface area contributed by atoms with E-state index in [2.05, 4.69) is 19.9 Å². The Kier molecular flexibility index (Phi) is 3.91. The molecule has 1 fully saturated rings. The molecule has 0 amide bonds. The van der Waals surface area contributed by atoms with Crippen molar-refractivity contribution in [2.45, 2.75) is 18.8 Å². The predicted octanol–water partition coefficient (Wildman–Crippen LogP) is 3.41. The predicted molar refractivity (Wildman–Crippen MR) is 103 cm³/mol. The van der Waals surface area contributed by atoms with E-state index < -0.39 is 0 Å². The van der Waals surface area contributed by atoms with Gasteiger partial charge in [-0.25, -0.2) is 9.97 Å². The number of hydrogen-bond acceptors (Lipinski definition) is 5. The maximum atomic E-state index is 12.6. The summed E-state index contributed by atoms with van der Waals surface area (Å²) >= 11 is 6.24. The third-order valence-corrected chi connectivity index (χ3v) is 5.17. The van der Waals surface area contributed by atoms with Crippen LogP contribution < -0.4 is 5.56 Å². The lowest BCUT2D eigenvalue weighted by Gasteiger charge is -2.21. The Morgan fingerprint density at radius 1 is 1.11 bits per heavy atom. The van der Waals surface area contributed by atoms with E-state index in [-0.39, 0.29) is 11.5 Å². The van der Waals surface area contributed by atoms with Gasteiger partial charge in [0.15, 0.2) is 0 Å². The molecule has 1 aliphatic heterocycles. The zero-order chi connectivity index (χ0) is 18.4. The van der Waals surface area contributed by atoms with Gasteiger partial charge in [0.05, 0.1) is 22.3 Å². The van der Waals surface area contributed by atoms with Gasteiger partial charge in [-0.05, 0) is 25.0 Å². The number of ether oxygens (including phenoxy) is 1. The lowest BCUT2D eigenvalue weighted by Crippen LogP contribution is -2.15. The highest BCUT2D eigenvalue weighted by Crippen LogP contribution is 2.32. The first-order valence-electron chi connectivity index (χ1n) is 8.80. The maximum Gasteiger partial charge on any atom is 0.259 e. The number of nitrogens with zero attached hydrogens (tertiary/aromatic N) is 3. The average molecular weight is 382 g/mol. The van der Waals surface area contributed by atoms with Gasteiger partial charge in [0, 0.05) is 43.0 Å². The van der Waals surface area contributed by atoms with E-state index in [0.717, 1.165) is 40.5 Å². The Hall–Kier alpha value is -2.77. The molecule has 0 radical (unpaired) electrons. The van der Waals surface area contributed by atoms with E-state index in [0.29, 0.717) is 29.8 Å². The molecule has 5 rings (SSSR count). The minimum atomic E-state index is -0.209. The van der Waals surface area contributed by atoms with Gasteiger partial charge in [-0.2, -0.15) is 0 Å². The molecular weight excluding hydrogens is 366 g/mol. The molecule has 8 heteroatoms. The van der Waals surface area contributed by atoms with E-state index in [9.17, 15) is 4.79 Å². The van der Waals surface area contributed by atoms with Crippen LogP contribution in [0.1, 0.15) is 24.5 Å². The molecule has 4 aromatic rings. The summed E-state index contributed by atoms with van der Waals surface area (Å²) in [6.07, 6.45) is 5.12. The first-order chi connectivity index (χ1) is 13.2. The molecule has 0 spiro atoms. The molecule has 1 aliphatic rings. The van der Waals surface area contributed by atoms with Crippen LogP contribution in [0, 0.1) is 0 Å². The van der Waals surface area contributed by atoms with Gasteiger partial charge in [-0.3, -0.25) is 9.78 Å². The molecule has 0 saturated carbocycles. The zero-order valence-corrected chi connectivity index (χ0v) is 15.1. The average Bonchev–Trinajstić information content (AvgIpc) is 3.11. The van der Waals surface area contributed by atoms with Gasteiger partial charge >= 0.3 is 0 Å². The summed E-state index contributed by atoms with van der Waals surface area (Å²) < 4.78 is 5.45. The van der Waals surface area contributed by atoms with Crippen molar-refractivity contribution in [3.63, 3.8) is 0 Å². The first-order valence-corrected chi connectivity index (χ1v) is 9.18. The van der Waals surface area contributed by atoms with Gasteiger partial charge < -0.3 is 14.7 Å². The SMILES string of the molecule is O=c1[nH]c2ccncc2cc1-c1nc2c(C3CCOCC3)nc(Cl)cc2[nH]1. The molecule has 136 valence electrons. The number of aromatic amines is 2. The van der Waals surface area contributed by atoms with Crippen molar-refractivity contribution in [1.82, 2.24) is 24.9 Å². The minimum absolute atomic E-state index is 0.209. The fourth-order valence-electron chi connectivity index (χ4n) is 3.61. The van der Waals surface area contributed by atoms with Gasteiger partial charge in [-0.1, -0.05) is 11.6 Å². The van der Waals surface area contributed by atoms with Crippen LogP contribution in [-0.4, -0.2) is 38.1 Å². The molecular formula is C19H16ClN5O2. The number of aromatic nitrogens is 5. The monoisotopic (exact) mass is 381 g/mol. The van der Waals surface area contributed by atoms with Crippen molar-refractivity contribution >= 4 is 33.5 Å². The molecule has 0 atom stereocenters. The lowest BCUT2D eigenvalue weighted by molar-refractivity contribution is 0.0848. The zero-order valence-electron chi connectivity index (χ0n) is 14.3. The first kappa shape index (κ1) is 16.4. The summed E-state index contributed by atoms with van der Waals surface area (Å²) in [4.78, 5) is 32.0. The van der Waals surface area contributed by atoms with E-state index in [1.807, 2.05) is 0 Å². The lowest BCUT2D eigenvalue weighted by atomic mass is 9.95. The Morgan fingerprint density at radius 3 is 2.81 bits per heavy atom. The summed E-state index contributed by atoms with van der Waals surface area (Å²) in [7, 11) is 0. The highest BCUT2D eigenvalue weighted by atomic mass is 35.5. The van der Waals surface area contributed by atoms with Crippen LogP contribution in [0.15, 0.2) is 35.4 Å². The van der Waals surface area contributed by atoms with Gasteiger partial charge in [-0.15, -0.1) is 0 Å². The number of halogens is 1. The highest BCUT2D eigenvalue weighted by Gasteiger charge is 2.23. The van der Waals surface area contributed by atoms with E-state index in [1.54, 1.807) is 30.6 Å². The second kappa shape index (κ2) is 6.44. The van der Waals surface area contributed by atoms with Crippen LogP contribution in [0.4, 0.5) is 0 Å². The molecule has 1 saturated heterocycles. The summed E-state index contributed by atoms with van der Waals surface area (Å²) in [5, 5.41) is 1.25. The maximum absolute atomic E-state index is 12.6. The van der Waals surface area contributed by atoms with Crippen molar-refractivity contribution in [2.24, 2.45) is 0 Å². The van der Waals surface area contributed by atoms with Crippen LogP contribution in [0.2, 0.25) is 5.15 Å². The third-order valence-electron chi connectivity index (χ3n) is 4.97. The number of rotatable bonds is 2. The Morgan fingerprint density at radius 2 is 1.96 bits per heavy atom. The van der Waals surface area contributed by atoms with E-state index in [4.69, 9.17) is 21.3 Å². The highest BCUT2D eigenvalue weighted by molar-refractivity contribution is 6.30. The van der Waals surface area contributed by atoms with Crippen molar-refractivity contribution < 1.29 is 4.74 Å². The number of H-pyrrole nitrogens is 2. The van der Waals surface area contributed by atoms with Crippen molar-refractivity contribution in [3.8, 4) is 11.4 Å². The molecule has 0 aromatic carbocycles. The Labute approximate surface area is 158 Å². The molecule has 5 heterocycles. The van der Waals surface area contributed by atoms with Gasteiger partial charge in [0.25, 0.3) is 5.56 Å². The van der Waals surface area contributed by atoms with Crippen LogP contribution in [0.5, 0.6) is 0 Å². The number of pyridine rings is 3. The standard InChI is InChI=1S/C19H16ClN5O2/c20-15-8-14-17(16(24-15)10-2-5-27-6-3-10)25-18(22-14)12-7-11-9-21-4-1-13(11)23-19(12)26/h1,4,7-10H,2-3,5-6H2,(H,22,25)(H,23,26). The number of fused-ring (bicyclic) bond motifs is 2. The van der Waals surface area contributed by atoms with E-state index >= 15 is 0 Å². The van der Waals surface area contributed by atoms with Crippen molar-refractivity contribution in [2.75, 3.05) is 13.2 Å². The largest absolute Gasteiger partial charge is 0.381 e. The molecule has 4 aromatic heterocycles.